The minimum Gasteiger partial charge on any atom is -0.274 e. The lowest BCUT2D eigenvalue weighted by atomic mass is 10.8. The van der Waals surface area contributed by atoms with E-state index in [4.69, 9.17) is 1.12 Å². The smallest absolute Gasteiger partial charge is 0.230 e. The van der Waals surface area contributed by atoms with Crippen molar-refractivity contribution in [3.8, 4) is 0 Å². The van der Waals surface area contributed by atoms with Crippen molar-refractivity contribution in [2.24, 2.45) is 0 Å². The van der Waals surface area contributed by atoms with Gasteiger partial charge < -0.3 is 0 Å². The highest BCUT2D eigenvalue weighted by Crippen LogP contribution is 1.54. The highest BCUT2D eigenvalue weighted by molar-refractivity contribution is 7.70. The van der Waals surface area contributed by atoms with Gasteiger partial charge in [0.25, 0.3) is 0 Å². The van der Waals surface area contributed by atoms with E-state index >= 15 is 0 Å². The standard InChI is InChI=1S/C2H5NO3S/c1-2(4)3-7(5)6/h7H,1H3,(H,3,4,5,6)/i7D. The Bertz CT molecular complexity index is 183. The fourth-order valence-electron chi connectivity index (χ4n) is 0.117. The largest absolute Gasteiger partial charge is 0.274 e. The Hall–Kier alpha value is -0.580. The number of amides is 1. The minimum absolute atomic E-state index is 0.750. The summed E-state index contributed by atoms with van der Waals surface area (Å²) >= 11 is 0. The number of hydrogen-bond acceptors (Lipinski definition) is 3. The molecule has 0 aromatic carbocycles. The molecule has 0 aromatic rings. The molecule has 0 saturated heterocycles. The zero-order chi connectivity index (χ0) is 6.78. The summed E-state index contributed by atoms with van der Waals surface area (Å²) in [5.74, 6) is -0.750. The van der Waals surface area contributed by atoms with Crippen LogP contribution in [0.15, 0.2) is 0 Å². The zero-order valence-electron chi connectivity index (χ0n) is 4.63. The first kappa shape index (κ1) is 4.58. The van der Waals surface area contributed by atoms with E-state index in [1.807, 2.05) is 0 Å². The molecule has 0 fully saturated rings. The van der Waals surface area contributed by atoms with Gasteiger partial charge in [-0.05, 0) is 0 Å². The van der Waals surface area contributed by atoms with E-state index in [-0.39, 0.29) is 0 Å². The number of carbonyl (C=O) groups excluding carboxylic acids is 1. The Labute approximate surface area is 43.7 Å². The van der Waals surface area contributed by atoms with Gasteiger partial charge in [-0.15, -0.1) is 0 Å². The summed E-state index contributed by atoms with van der Waals surface area (Å²) in [6, 6.07) is 0. The first-order valence-electron chi connectivity index (χ1n) is 1.90. The molecular formula is C2H5NO3S. The Morgan fingerprint density at radius 2 is 2.29 bits per heavy atom. The summed E-state index contributed by atoms with van der Waals surface area (Å²) in [4.78, 5) is 9.85. The predicted octanol–water partition coefficient (Wildman–Crippen LogP) is -1.35. The van der Waals surface area contributed by atoms with Gasteiger partial charge in [0.15, 0.2) is 1.12 Å². The molecule has 7 heavy (non-hydrogen) atoms. The molecule has 0 aliphatic carbocycles. The average molecular weight is 124 g/mol. The second-order valence-corrected chi connectivity index (χ2v) is 1.57. The molecule has 0 bridgehead atoms. The highest BCUT2D eigenvalue weighted by Gasteiger charge is 1.84. The van der Waals surface area contributed by atoms with E-state index in [1.54, 1.807) is 0 Å². The SMILES string of the molecule is [2H]S(=O)(=O)NC(C)=O. The summed E-state index contributed by atoms with van der Waals surface area (Å²) in [5.41, 5.74) is 0. The van der Waals surface area contributed by atoms with Crippen LogP contribution in [0.2, 0.25) is 0 Å². The third kappa shape index (κ3) is 5.42. The number of thiol groups is 1. The summed E-state index contributed by atoms with van der Waals surface area (Å²) in [6.07, 6.45) is 0. The highest BCUT2D eigenvalue weighted by atomic mass is 32.2. The van der Waals surface area contributed by atoms with E-state index in [2.05, 4.69) is 0 Å². The van der Waals surface area contributed by atoms with Crippen molar-refractivity contribution in [1.82, 2.24) is 4.72 Å². The van der Waals surface area contributed by atoms with E-state index in [0.717, 1.165) is 6.92 Å². The molecule has 0 spiro atoms. The molecule has 42 valence electrons. The van der Waals surface area contributed by atoms with Crippen molar-refractivity contribution < 1.29 is 13.2 Å². The molecule has 1 amide bonds. The Morgan fingerprint density at radius 3 is 2.29 bits per heavy atom. The molecule has 5 heteroatoms. The van der Waals surface area contributed by atoms with Crippen LogP contribution >= 0.6 is 0 Å². The van der Waals surface area contributed by atoms with Crippen LogP contribution in [0.4, 0.5) is 0 Å². The number of carbonyl (C=O) groups is 1. The zero-order valence-corrected chi connectivity index (χ0v) is 4.45. The van der Waals surface area contributed by atoms with Crippen molar-refractivity contribution in [2.45, 2.75) is 6.92 Å². The Kier molecular flexibility index (Phi) is 1.68. The number of rotatable bonds is 1. The molecule has 0 aliphatic rings. The lowest BCUT2D eigenvalue weighted by molar-refractivity contribution is -0.117. The van der Waals surface area contributed by atoms with Gasteiger partial charge in [0.05, 0.1) is 0 Å². The molecule has 4 nitrogen and oxygen atoms in total. The van der Waals surface area contributed by atoms with Crippen LogP contribution in [0.1, 0.15) is 6.92 Å². The lowest BCUT2D eigenvalue weighted by Gasteiger charge is -1.81. The van der Waals surface area contributed by atoms with Crippen molar-refractivity contribution in [2.75, 3.05) is 0 Å². The van der Waals surface area contributed by atoms with Crippen LogP contribution in [0.3, 0.4) is 0 Å². The van der Waals surface area contributed by atoms with E-state index in [0.29, 0.717) is 0 Å². The Morgan fingerprint density at radius 1 is 1.86 bits per heavy atom. The van der Waals surface area contributed by atoms with E-state index in [9.17, 15) is 13.2 Å². The topological polar surface area (TPSA) is 63.2 Å². The minimum atomic E-state index is -4.07. The monoisotopic (exact) mass is 124 g/mol. The van der Waals surface area contributed by atoms with Gasteiger partial charge in [0.2, 0.25) is 16.7 Å². The molecule has 0 rings (SSSR count). The second kappa shape index (κ2) is 2.57. The molecule has 1 N–H and O–H groups in total. The molecule has 0 saturated carbocycles. The van der Waals surface area contributed by atoms with Gasteiger partial charge in [-0.1, -0.05) is 0 Å². The molecule has 0 heterocycles. The van der Waals surface area contributed by atoms with Gasteiger partial charge in [-0.3, -0.25) is 9.52 Å². The van der Waals surface area contributed by atoms with Crippen LogP contribution in [0.5, 0.6) is 0 Å². The van der Waals surface area contributed by atoms with Gasteiger partial charge >= 0.3 is 0 Å². The fourth-order valence-corrected chi connectivity index (χ4v) is 0.352. The van der Waals surface area contributed by atoms with Crippen LogP contribution < -0.4 is 4.72 Å². The molecule has 0 unspecified atom stereocenters. The maximum atomic E-state index is 9.85. The quantitative estimate of drug-likeness (QED) is 0.425. The summed E-state index contributed by atoms with van der Waals surface area (Å²) in [7, 11) is -4.07. The Balaban J connectivity index is 3.95. The van der Waals surface area contributed by atoms with Gasteiger partial charge in [-0.2, -0.15) is 0 Å². The summed E-state index contributed by atoms with van der Waals surface area (Å²) in [5, 5.41) is 0. The second-order valence-electron chi connectivity index (χ2n) is 0.893. The van der Waals surface area contributed by atoms with Crippen LogP contribution in [-0.2, 0) is 15.6 Å². The average Bonchev–Trinajstić information content (AvgIpc) is 1.21. The van der Waals surface area contributed by atoms with Crippen molar-refractivity contribution >= 4 is 16.7 Å². The molecule has 0 atom stereocenters. The van der Waals surface area contributed by atoms with Crippen molar-refractivity contribution in [1.29, 1.82) is 1.12 Å². The maximum Gasteiger partial charge on any atom is 0.230 e. The first-order valence-corrected chi connectivity index (χ1v) is 2.57. The number of nitrogens with one attached hydrogen (secondary N) is 1. The summed E-state index contributed by atoms with van der Waals surface area (Å²) < 4.78 is 27.0. The predicted molar refractivity (Wildman–Crippen MR) is 24.1 cm³/mol. The van der Waals surface area contributed by atoms with Gasteiger partial charge in [0, 0.05) is 6.92 Å². The third-order valence-corrected chi connectivity index (χ3v) is 0.681. The van der Waals surface area contributed by atoms with Crippen LogP contribution in [0.25, 0.3) is 0 Å². The maximum absolute atomic E-state index is 9.85. The summed E-state index contributed by atoms with van der Waals surface area (Å²) in [6.45, 7) is 1.02. The van der Waals surface area contributed by atoms with Crippen LogP contribution in [0, 0.1) is 0 Å². The fraction of sp³-hybridized carbons (Fsp3) is 0.500. The molecule has 0 radical (unpaired) electrons. The van der Waals surface area contributed by atoms with Gasteiger partial charge in [-0.25, -0.2) is 8.42 Å². The first-order chi connectivity index (χ1) is 3.42. The molecule has 0 aromatic heterocycles. The molecular weight excluding hydrogens is 118 g/mol. The van der Waals surface area contributed by atoms with Crippen LogP contribution in [-0.4, -0.2) is 15.4 Å². The number of hydrogen-bond donors (Lipinski definition) is 2. The van der Waals surface area contributed by atoms with E-state index < -0.39 is 16.7 Å². The van der Waals surface area contributed by atoms with Crippen molar-refractivity contribution in [3.05, 3.63) is 0 Å². The van der Waals surface area contributed by atoms with Crippen molar-refractivity contribution in [3.63, 3.8) is 0 Å². The normalized spacial score (nSPS) is 12.4. The third-order valence-electron chi connectivity index (χ3n) is 0.227. The van der Waals surface area contributed by atoms with E-state index in [1.165, 1.54) is 4.72 Å². The molecule has 0 aliphatic heterocycles. The lowest BCUT2D eigenvalue weighted by Crippen LogP contribution is -2.16. The van der Waals surface area contributed by atoms with Gasteiger partial charge in [0.1, 0.15) is 0 Å².